The number of nitrogens with zero attached hydrogens (tertiary/aromatic N) is 3. The summed E-state index contributed by atoms with van der Waals surface area (Å²) in [6, 6.07) is 18.9. The smallest absolute Gasteiger partial charge is 0.338 e. The molecule has 1 atom stereocenters. The maximum atomic E-state index is 13.9. The first-order valence-electron chi connectivity index (χ1n) is 12.4. The average Bonchev–Trinajstić information content (AvgIpc) is 3.37. The highest BCUT2D eigenvalue weighted by molar-refractivity contribution is 7.07. The van der Waals surface area contributed by atoms with Gasteiger partial charge in [0.15, 0.2) is 4.80 Å². The number of carbonyl (C=O) groups is 1. The van der Waals surface area contributed by atoms with Crippen molar-refractivity contribution in [1.29, 1.82) is 0 Å². The minimum absolute atomic E-state index is 0.201. The number of carbonyl (C=O) groups excluding carboxylic acids is 1. The Bertz CT molecular complexity index is 1720. The van der Waals surface area contributed by atoms with E-state index < -0.39 is 12.0 Å². The van der Waals surface area contributed by atoms with Gasteiger partial charge in [0, 0.05) is 17.1 Å². The highest BCUT2D eigenvalue weighted by Gasteiger charge is 2.33. The van der Waals surface area contributed by atoms with Gasteiger partial charge in [-0.25, -0.2) is 9.79 Å². The average molecular weight is 528 g/mol. The van der Waals surface area contributed by atoms with Crippen molar-refractivity contribution < 1.29 is 14.3 Å². The summed E-state index contributed by atoms with van der Waals surface area (Å²) in [7, 11) is 1.60. The van der Waals surface area contributed by atoms with Crippen LogP contribution in [0.1, 0.15) is 42.4 Å². The first-order chi connectivity index (χ1) is 18.3. The molecular formula is C30H29N3O4S. The summed E-state index contributed by atoms with van der Waals surface area (Å²) in [6.07, 6.45) is 1.92. The van der Waals surface area contributed by atoms with Crippen molar-refractivity contribution >= 4 is 23.4 Å². The molecule has 0 radical (unpaired) electrons. The summed E-state index contributed by atoms with van der Waals surface area (Å²) in [5.41, 5.74) is 5.61. The standard InChI is InChI=1S/C30H29N3O4S/c1-6-37-29(35)26-19(3)31-30-33(27(26)21-12-14-24(36-5)15-13-21)28(34)25(38-30)17-22-16-18(2)32(20(22)4)23-10-8-7-9-11-23/h7-17,27H,6H2,1-5H3/b25-17+/t27-/m1/s1. The van der Waals surface area contributed by atoms with Crippen molar-refractivity contribution in [3.63, 3.8) is 0 Å². The fourth-order valence-corrected chi connectivity index (χ4v) is 5.98. The predicted octanol–water partition coefficient (Wildman–Crippen LogP) is 4.21. The Morgan fingerprint density at radius 1 is 1.08 bits per heavy atom. The van der Waals surface area contributed by atoms with Crippen LogP contribution in [0.15, 0.2) is 81.7 Å². The summed E-state index contributed by atoms with van der Waals surface area (Å²) in [4.78, 5) is 32.2. The minimum atomic E-state index is -0.657. The van der Waals surface area contributed by atoms with Crippen molar-refractivity contribution in [3.05, 3.63) is 114 Å². The van der Waals surface area contributed by atoms with Gasteiger partial charge >= 0.3 is 5.97 Å². The number of ether oxygens (including phenoxy) is 2. The molecule has 2 aromatic heterocycles. The van der Waals surface area contributed by atoms with Gasteiger partial charge in [-0.05, 0) is 75.2 Å². The summed E-state index contributed by atoms with van der Waals surface area (Å²) in [6.45, 7) is 7.88. The minimum Gasteiger partial charge on any atom is -0.497 e. The lowest BCUT2D eigenvalue weighted by Gasteiger charge is -2.24. The predicted molar refractivity (Wildman–Crippen MR) is 149 cm³/mol. The zero-order chi connectivity index (χ0) is 27.0. The van der Waals surface area contributed by atoms with Gasteiger partial charge in [0.2, 0.25) is 0 Å². The van der Waals surface area contributed by atoms with Gasteiger partial charge < -0.3 is 14.0 Å². The second-order valence-corrected chi connectivity index (χ2v) is 10.1. The number of allylic oxidation sites excluding steroid dienone is 1. The van der Waals surface area contributed by atoms with E-state index in [-0.39, 0.29) is 12.2 Å². The fraction of sp³-hybridized carbons (Fsp3) is 0.233. The Kier molecular flexibility index (Phi) is 6.91. The van der Waals surface area contributed by atoms with Crippen LogP contribution in [0.3, 0.4) is 0 Å². The van der Waals surface area contributed by atoms with Crippen molar-refractivity contribution in [2.45, 2.75) is 33.7 Å². The van der Waals surface area contributed by atoms with E-state index in [2.05, 4.69) is 34.7 Å². The molecule has 1 aliphatic rings. The molecule has 194 valence electrons. The number of aromatic nitrogens is 2. The number of rotatable bonds is 6. The molecule has 2 aromatic carbocycles. The highest BCUT2D eigenvalue weighted by atomic mass is 32.1. The number of thiazole rings is 1. The number of esters is 1. The monoisotopic (exact) mass is 527 g/mol. The number of hydrogen-bond acceptors (Lipinski definition) is 6. The molecule has 4 aromatic rings. The van der Waals surface area contributed by atoms with Crippen molar-refractivity contribution in [1.82, 2.24) is 9.13 Å². The van der Waals surface area contributed by atoms with E-state index >= 15 is 0 Å². The summed E-state index contributed by atoms with van der Waals surface area (Å²) < 4.78 is 15.0. The second kappa shape index (κ2) is 10.3. The molecule has 0 saturated carbocycles. The quantitative estimate of drug-likeness (QED) is 0.352. The molecule has 3 heterocycles. The number of aryl methyl sites for hydroxylation is 1. The van der Waals surface area contributed by atoms with E-state index in [0.29, 0.717) is 26.4 Å². The van der Waals surface area contributed by atoms with Crippen molar-refractivity contribution in [2.24, 2.45) is 4.99 Å². The summed E-state index contributed by atoms with van der Waals surface area (Å²) in [5.74, 6) is 0.212. The van der Waals surface area contributed by atoms with Gasteiger partial charge in [-0.15, -0.1) is 0 Å². The van der Waals surface area contributed by atoms with Crippen LogP contribution in [0.2, 0.25) is 0 Å². The van der Waals surface area contributed by atoms with Crippen LogP contribution in [-0.4, -0.2) is 28.8 Å². The van der Waals surface area contributed by atoms with Gasteiger partial charge in [0.05, 0.1) is 35.6 Å². The molecule has 0 saturated heterocycles. The van der Waals surface area contributed by atoms with Crippen molar-refractivity contribution in [2.75, 3.05) is 13.7 Å². The zero-order valence-corrected chi connectivity index (χ0v) is 22.8. The number of hydrogen-bond donors (Lipinski definition) is 0. The van der Waals surface area contributed by atoms with Crippen LogP contribution in [0, 0.1) is 13.8 Å². The Morgan fingerprint density at radius 3 is 2.45 bits per heavy atom. The number of methoxy groups -OCH3 is 1. The van der Waals surface area contributed by atoms with E-state index in [1.165, 1.54) is 11.3 Å². The third kappa shape index (κ3) is 4.41. The molecule has 8 heteroatoms. The third-order valence-corrected chi connectivity index (χ3v) is 7.70. The van der Waals surface area contributed by atoms with Crippen LogP contribution >= 0.6 is 11.3 Å². The Morgan fingerprint density at radius 2 is 1.79 bits per heavy atom. The first kappa shape index (κ1) is 25.5. The van der Waals surface area contributed by atoms with Crippen LogP contribution in [0.4, 0.5) is 0 Å². The molecule has 0 spiro atoms. The van der Waals surface area contributed by atoms with Crippen LogP contribution in [-0.2, 0) is 9.53 Å². The SMILES string of the molecule is CCOC(=O)C1=C(C)N=c2s/c(=C/c3cc(C)n(-c4ccccc4)c3C)c(=O)n2[C@@H]1c1ccc(OC)cc1. The lowest BCUT2D eigenvalue weighted by atomic mass is 9.96. The van der Waals surface area contributed by atoms with Crippen LogP contribution < -0.4 is 19.6 Å². The van der Waals surface area contributed by atoms with Gasteiger partial charge in [0.25, 0.3) is 5.56 Å². The molecule has 0 unspecified atom stereocenters. The molecule has 0 bridgehead atoms. The highest BCUT2D eigenvalue weighted by Crippen LogP contribution is 2.31. The second-order valence-electron chi connectivity index (χ2n) is 9.07. The van der Waals surface area contributed by atoms with Gasteiger partial charge in [-0.2, -0.15) is 0 Å². The number of para-hydroxylation sites is 1. The molecule has 7 nitrogen and oxygen atoms in total. The molecule has 0 amide bonds. The first-order valence-corrected chi connectivity index (χ1v) is 13.2. The Balaban J connectivity index is 1.69. The number of fused-ring (bicyclic) bond motifs is 1. The van der Waals surface area contributed by atoms with E-state index in [0.717, 1.165) is 28.2 Å². The molecule has 0 N–H and O–H groups in total. The van der Waals surface area contributed by atoms with E-state index in [4.69, 9.17) is 9.47 Å². The van der Waals surface area contributed by atoms with E-state index in [1.807, 2.05) is 55.5 Å². The topological polar surface area (TPSA) is 74.8 Å². The van der Waals surface area contributed by atoms with Crippen molar-refractivity contribution in [3.8, 4) is 11.4 Å². The van der Waals surface area contributed by atoms with Crippen LogP contribution in [0.5, 0.6) is 5.75 Å². The van der Waals surface area contributed by atoms with Gasteiger partial charge in [-0.3, -0.25) is 9.36 Å². The van der Waals surface area contributed by atoms with Gasteiger partial charge in [-0.1, -0.05) is 41.7 Å². The van der Waals surface area contributed by atoms with Crippen LogP contribution in [0.25, 0.3) is 11.8 Å². The largest absolute Gasteiger partial charge is 0.497 e. The molecule has 38 heavy (non-hydrogen) atoms. The molecule has 5 rings (SSSR count). The lowest BCUT2D eigenvalue weighted by molar-refractivity contribution is -0.139. The fourth-order valence-electron chi connectivity index (χ4n) is 4.94. The summed E-state index contributed by atoms with van der Waals surface area (Å²) in [5, 5.41) is 0. The zero-order valence-electron chi connectivity index (χ0n) is 22.0. The normalized spacial score (nSPS) is 15.3. The number of benzene rings is 2. The maximum absolute atomic E-state index is 13.9. The Hall–Kier alpha value is -4.17. The van der Waals surface area contributed by atoms with E-state index in [1.54, 1.807) is 25.5 Å². The molecule has 0 aliphatic carbocycles. The lowest BCUT2D eigenvalue weighted by Crippen LogP contribution is -2.39. The molecular weight excluding hydrogens is 498 g/mol. The molecule has 0 fully saturated rings. The Labute approximate surface area is 224 Å². The van der Waals surface area contributed by atoms with Gasteiger partial charge in [0.1, 0.15) is 5.75 Å². The molecule has 1 aliphatic heterocycles. The third-order valence-electron chi connectivity index (χ3n) is 6.72. The van der Waals surface area contributed by atoms with E-state index in [9.17, 15) is 9.59 Å². The summed E-state index contributed by atoms with van der Waals surface area (Å²) >= 11 is 1.32. The maximum Gasteiger partial charge on any atom is 0.338 e.